The van der Waals surface area contributed by atoms with Crippen molar-refractivity contribution in [2.24, 2.45) is 0 Å². The topological polar surface area (TPSA) is 40.5 Å². The van der Waals surface area contributed by atoms with Crippen LogP contribution >= 0.6 is 27.7 Å². The number of hydrogen-bond donors (Lipinski definition) is 1. The van der Waals surface area contributed by atoms with Crippen molar-refractivity contribution >= 4 is 33.7 Å². The minimum absolute atomic E-state index is 0.327. The summed E-state index contributed by atoms with van der Waals surface area (Å²) in [5.41, 5.74) is 1.48. The predicted molar refractivity (Wildman–Crippen MR) is 87.5 cm³/mol. The van der Waals surface area contributed by atoms with E-state index < -0.39 is 5.97 Å². The van der Waals surface area contributed by atoms with E-state index in [0.717, 1.165) is 35.4 Å². The fourth-order valence-electron chi connectivity index (χ4n) is 2.27. The third kappa shape index (κ3) is 4.24. The lowest BCUT2D eigenvalue weighted by Crippen LogP contribution is -2.27. The minimum Gasteiger partial charge on any atom is -0.478 e. The first-order valence-electron chi connectivity index (χ1n) is 6.75. The Kier molecular flexibility index (Phi) is 5.15. The van der Waals surface area contributed by atoms with Crippen LogP contribution in [0, 0.1) is 0 Å². The number of carboxylic acids is 1. The van der Waals surface area contributed by atoms with E-state index in [1.165, 1.54) is 6.42 Å². The summed E-state index contributed by atoms with van der Waals surface area (Å²) in [5.74, 6) is 0.267. The molecule has 1 saturated heterocycles. The number of carbonyl (C=O) groups is 1. The van der Waals surface area contributed by atoms with E-state index in [4.69, 9.17) is 5.11 Å². The van der Waals surface area contributed by atoms with Crippen molar-refractivity contribution in [3.63, 3.8) is 0 Å². The first-order chi connectivity index (χ1) is 9.37. The standard InChI is InChI=1S/C15H20BrNO2S/c1-15(2)5-6-17(7-8-20-15)10-12-4-3-11(14(18)19)9-13(12)16/h3-4,9H,5-8,10H2,1-2H3,(H,18,19). The van der Waals surface area contributed by atoms with Crippen LogP contribution in [-0.4, -0.2) is 39.6 Å². The van der Waals surface area contributed by atoms with Crippen molar-refractivity contribution in [1.29, 1.82) is 0 Å². The molecule has 0 aromatic heterocycles. The zero-order valence-corrected chi connectivity index (χ0v) is 14.3. The fraction of sp³-hybridized carbons (Fsp3) is 0.533. The van der Waals surface area contributed by atoms with E-state index in [1.54, 1.807) is 12.1 Å². The summed E-state index contributed by atoms with van der Waals surface area (Å²) in [4.78, 5) is 13.4. The zero-order valence-electron chi connectivity index (χ0n) is 11.9. The third-order valence-electron chi connectivity index (χ3n) is 3.62. The first-order valence-corrected chi connectivity index (χ1v) is 8.53. The summed E-state index contributed by atoms with van der Waals surface area (Å²) in [6, 6.07) is 5.28. The van der Waals surface area contributed by atoms with Crippen LogP contribution in [0.3, 0.4) is 0 Å². The summed E-state index contributed by atoms with van der Waals surface area (Å²) in [7, 11) is 0. The number of hydrogen-bond acceptors (Lipinski definition) is 3. The van der Waals surface area contributed by atoms with Gasteiger partial charge in [0.15, 0.2) is 0 Å². The number of halogens is 1. The SMILES string of the molecule is CC1(C)CCN(Cc2ccc(C(=O)O)cc2Br)CCS1. The molecule has 3 nitrogen and oxygen atoms in total. The molecule has 1 aromatic carbocycles. The molecule has 2 rings (SSSR count). The molecule has 1 aliphatic rings. The van der Waals surface area contributed by atoms with Gasteiger partial charge >= 0.3 is 5.97 Å². The highest BCUT2D eigenvalue weighted by molar-refractivity contribution is 9.10. The Hall–Kier alpha value is -0.520. The molecule has 1 fully saturated rings. The minimum atomic E-state index is -0.884. The molecule has 0 amide bonds. The Morgan fingerprint density at radius 3 is 2.85 bits per heavy atom. The maximum atomic E-state index is 10.9. The molecule has 1 heterocycles. The van der Waals surface area contributed by atoms with E-state index in [1.807, 2.05) is 17.8 Å². The van der Waals surface area contributed by atoms with Crippen LogP contribution < -0.4 is 0 Å². The lowest BCUT2D eigenvalue weighted by molar-refractivity contribution is 0.0697. The molecule has 110 valence electrons. The first kappa shape index (κ1) is 15.9. The van der Waals surface area contributed by atoms with Crippen LogP contribution in [0.15, 0.2) is 22.7 Å². The Bertz CT molecular complexity index is 505. The van der Waals surface area contributed by atoms with Gasteiger partial charge in [0.2, 0.25) is 0 Å². The van der Waals surface area contributed by atoms with Gasteiger partial charge < -0.3 is 5.11 Å². The zero-order chi connectivity index (χ0) is 14.8. The molecule has 0 unspecified atom stereocenters. The maximum absolute atomic E-state index is 10.9. The lowest BCUT2D eigenvalue weighted by Gasteiger charge is -2.23. The molecule has 0 radical (unpaired) electrons. The van der Waals surface area contributed by atoms with Gasteiger partial charge in [-0.05, 0) is 30.7 Å². The average Bonchev–Trinajstić information content (AvgIpc) is 2.53. The fourth-order valence-corrected chi connectivity index (χ4v) is 3.91. The highest BCUT2D eigenvalue weighted by Crippen LogP contribution is 2.31. The molecule has 0 atom stereocenters. The Labute approximate surface area is 132 Å². The summed E-state index contributed by atoms with van der Waals surface area (Å²) in [5, 5.41) is 8.98. The average molecular weight is 358 g/mol. The van der Waals surface area contributed by atoms with Crippen LogP contribution in [0.2, 0.25) is 0 Å². The molecule has 1 aromatic rings. The summed E-state index contributed by atoms with van der Waals surface area (Å²) >= 11 is 5.52. The molecule has 0 bridgehead atoms. The van der Waals surface area contributed by atoms with E-state index in [-0.39, 0.29) is 0 Å². The highest BCUT2D eigenvalue weighted by atomic mass is 79.9. The van der Waals surface area contributed by atoms with Gasteiger partial charge in [-0.15, -0.1) is 0 Å². The molecule has 5 heteroatoms. The highest BCUT2D eigenvalue weighted by Gasteiger charge is 2.23. The number of rotatable bonds is 3. The molecular weight excluding hydrogens is 338 g/mol. The Morgan fingerprint density at radius 2 is 2.20 bits per heavy atom. The van der Waals surface area contributed by atoms with Gasteiger partial charge in [-0.25, -0.2) is 4.79 Å². The van der Waals surface area contributed by atoms with Crippen molar-refractivity contribution in [1.82, 2.24) is 4.90 Å². The van der Waals surface area contributed by atoms with Gasteiger partial charge in [-0.2, -0.15) is 11.8 Å². The summed E-state index contributed by atoms with van der Waals surface area (Å²) in [6.45, 7) is 7.66. The van der Waals surface area contributed by atoms with Gasteiger partial charge in [-0.1, -0.05) is 35.8 Å². The van der Waals surface area contributed by atoms with Crippen molar-refractivity contribution in [2.45, 2.75) is 31.6 Å². The Morgan fingerprint density at radius 1 is 1.45 bits per heavy atom. The second-order valence-electron chi connectivity index (χ2n) is 5.75. The number of benzene rings is 1. The van der Waals surface area contributed by atoms with Crippen LogP contribution in [0.5, 0.6) is 0 Å². The predicted octanol–water partition coefficient (Wildman–Crippen LogP) is 3.86. The van der Waals surface area contributed by atoms with Gasteiger partial charge in [-0.3, -0.25) is 4.90 Å². The van der Waals surface area contributed by atoms with Gasteiger partial charge in [0.1, 0.15) is 0 Å². The van der Waals surface area contributed by atoms with Crippen molar-refractivity contribution < 1.29 is 9.90 Å². The van der Waals surface area contributed by atoms with Crippen LogP contribution in [0.1, 0.15) is 36.2 Å². The lowest BCUT2D eigenvalue weighted by atomic mass is 10.1. The van der Waals surface area contributed by atoms with Gasteiger partial charge in [0, 0.05) is 28.1 Å². The van der Waals surface area contributed by atoms with Gasteiger partial charge in [0.25, 0.3) is 0 Å². The van der Waals surface area contributed by atoms with E-state index in [9.17, 15) is 4.79 Å². The molecule has 0 saturated carbocycles. The van der Waals surface area contributed by atoms with Crippen molar-refractivity contribution in [3.8, 4) is 0 Å². The normalized spacial score (nSPS) is 19.6. The molecule has 1 N–H and O–H groups in total. The molecular formula is C15H20BrNO2S. The third-order valence-corrected chi connectivity index (χ3v) is 5.73. The molecule has 0 spiro atoms. The quantitative estimate of drug-likeness (QED) is 0.891. The largest absolute Gasteiger partial charge is 0.478 e. The molecule has 0 aliphatic carbocycles. The van der Waals surface area contributed by atoms with E-state index >= 15 is 0 Å². The monoisotopic (exact) mass is 357 g/mol. The number of thioether (sulfide) groups is 1. The smallest absolute Gasteiger partial charge is 0.335 e. The van der Waals surface area contributed by atoms with Crippen molar-refractivity contribution in [2.75, 3.05) is 18.8 Å². The van der Waals surface area contributed by atoms with Crippen molar-refractivity contribution in [3.05, 3.63) is 33.8 Å². The summed E-state index contributed by atoms with van der Waals surface area (Å²) < 4.78 is 1.24. The second-order valence-corrected chi connectivity index (χ2v) is 8.40. The Balaban J connectivity index is 2.05. The van der Waals surface area contributed by atoms with Crippen LogP contribution in [0.4, 0.5) is 0 Å². The molecule has 20 heavy (non-hydrogen) atoms. The number of aromatic carboxylic acids is 1. The van der Waals surface area contributed by atoms with Crippen LogP contribution in [-0.2, 0) is 6.54 Å². The van der Waals surface area contributed by atoms with Crippen LogP contribution in [0.25, 0.3) is 0 Å². The maximum Gasteiger partial charge on any atom is 0.335 e. The number of carboxylic acid groups (broad SMARTS) is 1. The van der Waals surface area contributed by atoms with E-state index in [2.05, 4.69) is 34.7 Å². The van der Waals surface area contributed by atoms with E-state index in [0.29, 0.717) is 10.3 Å². The summed E-state index contributed by atoms with van der Waals surface area (Å²) in [6.07, 6.45) is 1.18. The number of nitrogens with zero attached hydrogens (tertiary/aromatic N) is 1. The molecule has 1 aliphatic heterocycles. The second kappa shape index (κ2) is 6.50. The van der Waals surface area contributed by atoms with Gasteiger partial charge in [0.05, 0.1) is 5.56 Å².